The van der Waals surface area contributed by atoms with Gasteiger partial charge in [-0.1, -0.05) is 46.6 Å². The van der Waals surface area contributed by atoms with Crippen LogP contribution in [0, 0.1) is 0 Å². The molecule has 170 valence electrons. The molecule has 3 rings (SSSR count). The first-order chi connectivity index (χ1) is 15.3. The normalized spacial score (nSPS) is 17.2. The van der Waals surface area contributed by atoms with Crippen molar-refractivity contribution in [1.29, 1.82) is 0 Å². The molecule has 2 aromatic carbocycles. The fourth-order valence-corrected chi connectivity index (χ4v) is 4.65. The molecule has 2 aromatic rings. The largest absolute Gasteiger partial charge is 0.497 e. The third kappa shape index (κ3) is 6.08. The van der Waals surface area contributed by atoms with E-state index in [1.54, 1.807) is 38.5 Å². The van der Waals surface area contributed by atoms with Crippen molar-refractivity contribution in [1.82, 2.24) is 4.90 Å². The van der Waals surface area contributed by atoms with Crippen LogP contribution in [0.15, 0.2) is 41.4 Å². The molecule has 32 heavy (non-hydrogen) atoms. The molecule has 1 aliphatic heterocycles. The highest BCUT2D eigenvalue weighted by Crippen LogP contribution is 2.34. The molecule has 0 unspecified atom stereocenters. The van der Waals surface area contributed by atoms with Crippen molar-refractivity contribution < 1.29 is 19.1 Å². The topological polar surface area (TPSA) is 80.2 Å². The first-order valence-corrected chi connectivity index (χ1v) is 11.5. The van der Waals surface area contributed by atoms with Crippen LogP contribution in [0.25, 0.3) is 0 Å². The lowest BCUT2D eigenvalue weighted by Gasteiger charge is -2.16. The number of amides is 2. The molecule has 1 N–H and O–H groups in total. The first-order valence-electron chi connectivity index (χ1n) is 9.46. The van der Waals surface area contributed by atoms with E-state index in [4.69, 9.17) is 44.3 Å². The second kappa shape index (κ2) is 11.2. The van der Waals surface area contributed by atoms with Crippen LogP contribution in [0.3, 0.4) is 0 Å². The van der Waals surface area contributed by atoms with Crippen LogP contribution in [-0.2, 0) is 14.3 Å². The lowest BCUT2D eigenvalue weighted by Crippen LogP contribution is -2.35. The second-order valence-electron chi connectivity index (χ2n) is 6.68. The Bertz CT molecular complexity index is 1030. The Labute approximate surface area is 205 Å². The molecule has 0 bridgehead atoms. The van der Waals surface area contributed by atoms with Crippen LogP contribution >= 0.6 is 46.6 Å². The molecular formula is C21H20Cl3N3O4S. The summed E-state index contributed by atoms with van der Waals surface area (Å²) in [5.41, 5.74) is 0.987. The number of benzene rings is 2. The minimum Gasteiger partial charge on any atom is -0.497 e. The highest BCUT2D eigenvalue weighted by atomic mass is 35.5. The number of anilines is 1. The van der Waals surface area contributed by atoms with E-state index in [0.717, 1.165) is 0 Å². The van der Waals surface area contributed by atoms with Crippen molar-refractivity contribution >= 4 is 74.9 Å². The van der Waals surface area contributed by atoms with Crippen LogP contribution < -0.4 is 10.1 Å². The molecular weight excluding hydrogens is 497 g/mol. The standard InChI is InChI=1S/C21H20Cl3N3O4S/c1-30-8-7-27-20(29)18(32-21(27)25-12-3-5-13(31-2)6-4-12)11-19(28)26-17-10-15(23)14(22)9-16(17)24/h3-6,9-10,18H,7-8,11H2,1-2H3,(H,26,28)/t18-/m1/s1. The summed E-state index contributed by atoms with van der Waals surface area (Å²) in [6.07, 6.45) is -0.0643. The molecule has 0 spiro atoms. The number of ether oxygens (including phenoxy) is 2. The lowest BCUT2D eigenvalue weighted by molar-refractivity contribution is -0.128. The summed E-state index contributed by atoms with van der Waals surface area (Å²) in [5, 5.41) is 3.35. The number of thioether (sulfide) groups is 1. The number of amidine groups is 1. The third-order valence-corrected chi connectivity index (χ3v) is 6.70. The first kappa shape index (κ1) is 24.7. The smallest absolute Gasteiger partial charge is 0.242 e. The van der Waals surface area contributed by atoms with Crippen LogP contribution in [0.1, 0.15) is 6.42 Å². The maximum atomic E-state index is 13.0. The van der Waals surface area contributed by atoms with Crippen LogP contribution in [-0.4, -0.2) is 54.5 Å². The van der Waals surface area contributed by atoms with Crippen LogP contribution in [0.4, 0.5) is 11.4 Å². The van der Waals surface area contributed by atoms with E-state index in [9.17, 15) is 9.59 Å². The zero-order chi connectivity index (χ0) is 23.3. The molecule has 0 aliphatic carbocycles. The van der Waals surface area contributed by atoms with Gasteiger partial charge in [0.15, 0.2) is 5.17 Å². The Morgan fingerprint density at radius 2 is 1.81 bits per heavy atom. The van der Waals surface area contributed by atoms with Gasteiger partial charge in [-0.3, -0.25) is 14.5 Å². The minimum absolute atomic E-state index is 0.0643. The molecule has 0 saturated carbocycles. The van der Waals surface area contributed by atoms with Gasteiger partial charge in [-0.05, 0) is 36.4 Å². The zero-order valence-electron chi connectivity index (χ0n) is 17.2. The number of nitrogens with zero attached hydrogens (tertiary/aromatic N) is 2. The van der Waals surface area contributed by atoms with Crippen molar-refractivity contribution in [2.24, 2.45) is 4.99 Å². The van der Waals surface area contributed by atoms with Gasteiger partial charge in [-0.25, -0.2) is 4.99 Å². The van der Waals surface area contributed by atoms with Crippen molar-refractivity contribution in [3.8, 4) is 5.75 Å². The molecule has 1 heterocycles. The zero-order valence-corrected chi connectivity index (χ0v) is 20.3. The van der Waals surface area contributed by atoms with Crippen LogP contribution in [0.2, 0.25) is 15.1 Å². The Morgan fingerprint density at radius 3 is 2.47 bits per heavy atom. The van der Waals surface area contributed by atoms with Gasteiger partial charge in [0.05, 0.1) is 46.7 Å². The van der Waals surface area contributed by atoms with Crippen molar-refractivity contribution in [3.63, 3.8) is 0 Å². The highest BCUT2D eigenvalue weighted by Gasteiger charge is 2.39. The molecule has 1 saturated heterocycles. The van der Waals surface area contributed by atoms with E-state index in [2.05, 4.69) is 10.3 Å². The molecule has 7 nitrogen and oxygen atoms in total. The molecule has 11 heteroatoms. The van der Waals surface area contributed by atoms with Crippen molar-refractivity contribution in [2.75, 3.05) is 32.7 Å². The number of hydrogen-bond donors (Lipinski definition) is 1. The molecule has 1 aliphatic rings. The average molecular weight is 517 g/mol. The summed E-state index contributed by atoms with van der Waals surface area (Å²) in [7, 11) is 3.14. The van der Waals surface area contributed by atoms with E-state index in [0.29, 0.717) is 35.4 Å². The summed E-state index contributed by atoms with van der Waals surface area (Å²) in [6.45, 7) is 0.666. The summed E-state index contributed by atoms with van der Waals surface area (Å²) in [5.74, 6) is 0.110. The van der Waals surface area contributed by atoms with Crippen LogP contribution in [0.5, 0.6) is 5.75 Å². The Hall–Kier alpha value is -1.97. The number of methoxy groups -OCH3 is 2. The van der Waals surface area contributed by atoms with Gasteiger partial charge in [-0.2, -0.15) is 0 Å². The number of aliphatic imine (C=N–C) groups is 1. The number of rotatable bonds is 8. The predicted octanol–water partition coefficient (Wildman–Crippen LogP) is 5.26. The minimum atomic E-state index is -0.634. The number of carbonyl (C=O) groups is 2. The van der Waals surface area contributed by atoms with Gasteiger partial charge in [0.25, 0.3) is 0 Å². The molecule has 1 atom stereocenters. The van der Waals surface area contributed by atoms with Gasteiger partial charge in [0, 0.05) is 13.5 Å². The number of hydrogen-bond acceptors (Lipinski definition) is 6. The van der Waals surface area contributed by atoms with E-state index in [1.165, 1.54) is 28.8 Å². The second-order valence-corrected chi connectivity index (χ2v) is 9.07. The van der Waals surface area contributed by atoms with Gasteiger partial charge in [0.2, 0.25) is 11.8 Å². The Morgan fingerprint density at radius 1 is 1.12 bits per heavy atom. The number of carbonyl (C=O) groups excluding carboxylic acids is 2. The maximum absolute atomic E-state index is 13.0. The summed E-state index contributed by atoms with van der Waals surface area (Å²) < 4.78 is 10.3. The molecule has 1 fully saturated rings. The van der Waals surface area contributed by atoms with Gasteiger partial charge >= 0.3 is 0 Å². The number of nitrogens with one attached hydrogen (secondary N) is 1. The Balaban J connectivity index is 1.75. The van der Waals surface area contributed by atoms with Gasteiger partial charge in [0.1, 0.15) is 11.0 Å². The lowest BCUT2D eigenvalue weighted by atomic mass is 10.2. The maximum Gasteiger partial charge on any atom is 0.242 e. The van der Waals surface area contributed by atoms with Gasteiger partial charge in [-0.15, -0.1) is 0 Å². The average Bonchev–Trinajstić information content (AvgIpc) is 3.04. The fraction of sp³-hybridized carbons (Fsp3) is 0.286. The SMILES string of the molecule is COCCN1C(=O)[C@@H](CC(=O)Nc2cc(Cl)c(Cl)cc2Cl)SC1=Nc1ccc(OC)cc1. The molecule has 0 radical (unpaired) electrons. The highest BCUT2D eigenvalue weighted by molar-refractivity contribution is 8.15. The quantitative estimate of drug-likeness (QED) is 0.484. The van der Waals surface area contributed by atoms with E-state index in [-0.39, 0.29) is 33.3 Å². The summed E-state index contributed by atoms with van der Waals surface area (Å²) in [6, 6.07) is 10.1. The fourth-order valence-electron chi connectivity index (χ4n) is 2.87. The molecule has 0 aromatic heterocycles. The van der Waals surface area contributed by atoms with E-state index < -0.39 is 5.25 Å². The third-order valence-electron chi connectivity index (χ3n) is 4.49. The summed E-state index contributed by atoms with van der Waals surface area (Å²) in [4.78, 5) is 31.7. The summed E-state index contributed by atoms with van der Waals surface area (Å²) >= 11 is 19.3. The Kier molecular flexibility index (Phi) is 8.67. The van der Waals surface area contributed by atoms with Crippen molar-refractivity contribution in [3.05, 3.63) is 51.5 Å². The molecule has 2 amide bonds. The van der Waals surface area contributed by atoms with E-state index in [1.807, 2.05) is 0 Å². The monoisotopic (exact) mass is 515 g/mol. The number of halogens is 3. The predicted molar refractivity (Wildman–Crippen MR) is 130 cm³/mol. The van der Waals surface area contributed by atoms with E-state index >= 15 is 0 Å². The van der Waals surface area contributed by atoms with Crippen molar-refractivity contribution in [2.45, 2.75) is 11.7 Å². The van der Waals surface area contributed by atoms with Gasteiger partial charge < -0.3 is 14.8 Å².